The average Bonchev–Trinajstić information content (AvgIpc) is 2.42. The van der Waals surface area contributed by atoms with Gasteiger partial charge in [-0.2, -0.15) is 0 Å². The van der Waals surface area contributed by atoms with Crippen LogP contribution in [-0.2, 0) is 6.54 Å². The summed E-state index contributed by atoms with van der Waals surface area (Å²) in [6, 6.07) is 8.61. The predicted molar refractivity (Wildman–Crippen MR) is 85.0 cm³/mol. The van der Waals surface area contributed by atoms with Crippen LogP contribution in [0.5, 0.6) is 0 Å². The third kappa shape index (κ3) is 3.59. The van der Waals surface area contributed by atoms with Crippen LogP contribution in [-0.4, -0.2) is 24.0 Å². The van der Waals surface area contributed by atoms with E-state index in [9.17, 15) is 0 Å². The van der Waals surface area contributed by atoms with Crippen molar-refractivity contribution in [2.24, 2.45) is 11.7 Å². The standard InChI is InChI=1S/C16H25BrN2/c1-13-7-9-16(12-18,10-8-13)19(2)11-14-3-5-15(17)6-4-14/h3-6,13H,7-12,18H2,1-2H3. The summed E-state index contributed by atoms with van der Waals surface area (Å²) in [5, 5.41) is 0. The molecule has 0 heterocycles. The monoisotopic (exact) mass is 324 g/mol. The molecule has 1 fully saturated rings. The van der Waals surface area contributed by atoms with Crippen molar-refractivity contribution in [1.29, 1.82) is 0 Å². The summed E-state index contributed by atoms with van der Waals surface area (Å²) in [6.07, 6.45) is 5.08. The second-order valence-electron chi connectivity index (χ2n) is 6.09. The molecule has 0 aromatic heterocycles. The number of hydrogen-bond donors (Lipinski definition) is 1. The van der Waals surface area contributed by atoms with E-state index in [0.29, 0.717) is 0 Å². The van der Waals surface area contributed by atoms with Crippen LogP contribution in [0.15, 0.2) is 28.7 Å². The van der Waals surface area contributed by atoms with Crippen molar-refractivity contribution in [3.63, 3.8) is 0 Å². The van der Waals surface area contributed by atoms with Crippen molar-refractivity contribution in [3.05, 3.63) is 34.3 Å². The molecule has 0 bridgehead atoms. The lowest BCUT2D eigenvalue weighted by atomic mass is 9.76. The van der Waals surface area contributed by atoms with Crippen LogP contribution in [0, 0.1) is 5.92 Å². The Balaban J connectivity index is 2.04. The van der Waals surface area contributed by atoms with E-state index >= 15 is 0 Å². The quantitative estimate of drug-likeness (QED) is 0.913. The van der Waals surface area contributed by atoms with Crippen molar-refractivity contribution in [2.75, 3.05) is 13.6 Å². The fourth-order valence-electron chi connectivity index (χ4n) is 3.07. The molecule has 0 amide bonds. The zero-order chi connectivity index (χ0) is 13.9. The second-order valence-corrected chi connectivity index (χ2v) is 7.01. The minimum absolute atomic E-state index is 0.208. The van der Waals surface area contributed by atoms with Gasteiger partial charge in [0.1, 0.15) is 0 Å². The Morgan fingerprint density at radius 1 is 1.26 bits per heavy atom. The molecule has 0 unspecified atom stereocenters. The number of rotatable bonds is 4. The topological polar surface area (TPSA) is 29.3 Å². The third-order valence-electron chi connectivity index (χ3n) is 4.73. The molecule has 1 aromatic rings. The smallest absolute Gasteiger partial charge is 0.0332 e. The summed E-state index contributed by atoms with van der Waals surface area (Å²) in [5.74, 6) is 0.862. The van der Waals surface area contributed by atoms with Gasteiger partial charge >= 0.3 is 0 Å². The molecule has 0 spiro atoms. The van der Waals surface area contributed by atoms with Crippen molar-refractivity contribution in [2.45, 2.75) is 44.7 Å². The summed E-state index contributed by atoms with van der Waals surface area (Å²) in [6.45, 7) is 4.11. The SMILES string of the molecule is CC1CCC(CN)(N(C)Cc2ccc(Br)cc2)CC1. The Labute approximate surface area is 125 Å². The van der Waals surface area contributed by atoms with E-state index in [1.807, 2.05) is 0 Å². The highest BCUT2D eigenvalue weighted by Crippen LogP contribution is 2.35. The van der Waals surface area contributed by atoms with Crippen LogP contribution in [0.1, 0.15) is 38.2 Å². The van der Waals surface area contributed by atoms with Crippen molar-refractivity contribution in [1.82, 2.24) is 4.90 Å². The molecule has 1 saturated carbocycles. The van der Waals surface area contributed by atoms with E-state index in [2.05, 4.69) is 59.1 Å². The average molecular weight is 325 g/mol. The van der Waals surface area contributed by atoms with Gasteiger partial charge in [-0.05, 0) is 56.3 Å². The zero-order valence-corrected chi connectivity index (χ0v) is 13.6. The molecule has 0 saturated heterocycles. The van der Waals surface area contributed by atoms with E-state index in [4.69, 9.17) is 5.73 Å². The third-order valence-corrected chi connectivity index (χ3v) is 5.26. The highest BCUT2D eigenvalue weighted by atomic mass is 79.9. The van der Waals surface area contributed by atoms with Gasteiger partial charge in [0, 0.05) is 23.1 Å². The van der Waals surface area contributed by atoms with Gasteiger partial charge in [-0.1, -0.05) is 35.0 Å². The van der Waals surface area contributed by atoms with Gasteiger partial charge in [-0.3, -0.25) is 4.90 Å². The minimum Gasteiger partial charge on any atom is -0.329 e. The van der Waals surface area contributed by atoms with Gasteiger partial charge in [0.25, 0.3) is 0 Å². The second kappa shape index (κ2) is 6.38. The lowest BCUT2D eigenvalue weighted by Gasteiger charge is -2.45. The largest absolute Gasteiger partial charge is 0.329 e. The van der Waals surface area contributed by atoms with Crippen molar-refractivity contribution < 1.29 is 0 Å². The Bertz CT molecular complexity index is 394. The maximum absolute atomic E-state index is 6.11. The van der Waals surface area contributed by atoms with Gasteiger partial charge in [-0.15, -0.1) is 0 Å². The summed E-state index contributed by atoms with van der Waals surface area (Å²) >= 11 is 3.49. The van der Waals surface area contributed by atoms with Gasteiger partial charge in [0.15, 0.2) is 0 Å². The first-order chi connectivity index (χ1) is 9.05. The molecule has 3 heteroatoms. The summed E-state index contributed by atoms with van der Waals surface area (Å²) in [4.78, 5) is 2.47. The zero-order valence-electron chi connectivity index (χ0n) is 12.0. The first-order valence-electron chi connectivity index (χ1n) is 7.21. The molecule has 19 heavy (non-hydrogen) atoms. The molecule has 0 aliphatic heterocycles. The van der Waals surface area contributed by atoms with Crippen LogP contribution < -0.4 is 5.73 Å². The summed E-state index contributed by atoms with van der Waals surface area (Å²) in [7, 11) is 2.23. The molecular formula is C16H25BrN2. The van der Waals surface area contributed by atoms with E-state index in [0.717, 1.165) is 23.5 Å². The van der Waals surface area contributed by atoms with E-state index in [-0.39, 0.29) is 5.54 Å². The maximum Gasteiger partial charge on any atom is 0.0332 e. The predicted octanol–water partition coefficient (Wildman–Crippen LogP) is 3.79. The normalized spacial score (nSPS) is 27.7. The van der Waals surface area contributed by atoms with Crippen LogP contribution in [0.25, 0.3) is 0 Å². The number of hydrogen-bond acceptors (Lipinski definition) is 2. The van der Waals surface area contributed by atoms with Gasteiger partial charge < -0.3 is 5.73 Å². The highest BCUT2D eigenvalue weighted by Gasteiger charge is 2.36. The number of nitrogens with two attached hydrogens (primary N) is 1. The molecule has 106 valence electrons. The number of nitrogens with zero attached hydrogens (tertiary/aromatic N) is 1. The van der Waals surface area contributed by atoms with Gasteiger partial charge in [0.2, 0.25) is 0 Å². The van der Waals surface area contributed by atoms with Gasteiger partial charge in [0.05, 0.1) is 0 Å². The Hall–Kier alpha value is -0.380. The van der Waals surface area contributed by atoms with Crippen molar-refractivity contribution in [3.8, 4) is 0 Å². The minimum atomic E-state index is 0.208. The van der Waals surface area contributed by atoms with Crippen LogP contribution in [0.4, 0.5) is 0 Å². The van der Waals surface area contributed by atoms with Crippen LogP contribution in [0.3, 0.4) is 0 Å². The molecule has 1 aliphatic rings. The molecule has 1 aliphatic carbocycles. The lowest BCUT2D eigenvalue weighted by molar-refractivity contribution is 0.0616. The fraction of sp³-hybridized carbons (Fsp3) is 0.625. The molecule has 0 atom stereocenters. The maximum atomic E-state index is 6.11. The van der Waals surface area contributed by atoms with E-state index < -0.39 is 0 Å². The van der Waals surface area contributed by atoms with Crippen molar-refractivity contribution >= 4 is 15.9 Å². The summed E-state index contributed by atoms with van der Waals surface area (Å²) in [5.41, 5.74) is 7.68. The molecular weight excluding hydrogens is 300 g/mol. The molecule has 0 radical (unpaired) electrons. The number of likely N-dealkylation sites (N-methyl/N-ethyl adjacent to an activating group) is 1. The van der Waals surface area contributed by atoms with E-state index in [1.54, 1.807) is 0 Å². The first-order valence-corrected chi connectivity index (χ1v) is 8.01. The van der Waals surface area contributed by atoms with E-state index in [1.165, 1.54) is 31.2 Å². The summed E-state index contributed by atoms with van der Waals surface area (Å²) < 4.78 is 1.14. The highest BCUT2D eigenvalue weighted by molar-refractivity contribution is 9.10. The molecule has 2 nitrogen and oxygen atoms in total. The molecule has 2 rings (SSSR count). The molecule has 2 N–H and O–H groups in total. The fourth-order valence-corrected chi connectivity index (χ4v) is 3.34. The number of halogens is 1. The Kier molecular flexibility index (Phi) is 5.04. The van der Waals surface area contributed by atoms with Crippen LogP contribution in [0.2, 0.25) is 0 Å². The van der Waals surface area contributed by atoms with Crippen LogP contribution >= 0.6 is 15.9 Å². The Morgan fingerprint density at radius 2 is 1.84 bits per heavy atom. The lowest BCUT2D eigenvalue weighted by Crippen LogP contribution is -2.53. The Morgan fingerprint density at radius 3 is 2.37 bits per heavy atom. The number of benzene rings is 1. The van der Waals surface area contributed by atoms with Gasteiger partial charge in [-0.25, -0.2) is 0 Å². The first kappa shape index (κ1) is 15.0. The molecule has 1 aromatic carbocycles.